The van der Waals surface area contributed by atoms with E-state index in [1.165, 1.54) is 5.56 Å². The van der Waals surface area contributed by atoms with Crippen LogP contribution >= 0.6 is 11.6 Å². The van der Waals surface area contributed by atoms with E-state index in [0.717, 1.165) is 36.3 Å². The number of benzene rings is 2. The van der Waals surface area contributed by atoms with Crippen LogP contribution in [0.2, 0.25) is 5.02 Å². The smallest absolute Gasteiger partial charge is 0.223 e. The van der Waals surface area contributed by atoms with E-state index in [1.54, 1.807) is 18.3 Å². The van der Waals surface area contributed by atoms with Crippen molar-refractivity contribution < 1.29 is 5.11 Å². The number of aromatic hydroxyl groups is 1. The Morgan fingerprint density at radius 2 is 1.93 bits per heavy atom. The van der Waals surface area contributed by atoms with E-state index in [4.69, 9.17) is 11.6 Å². The first-order valence-electron chi connectivity index (χ1n) is 10.3. The fourth-order valence-corrected chi connectivity index (χ4v) is 3.56. The molecule has 2 aromatic carbocycles. The summed E-state index contributed by atoms with van der Waals surface area (Å²) < 4.78 is 0. The lowest BCUT2D eigenvalue weighted by molar-refractivity contribution is 0.225. The predicted molar refractivity (Wildman–Crippen MR) is 124 cm³/mol. The Hall–Kier alpha value is -2.63. The van der Waals surface area contributed by atoms with E-state index in [0.29, 0.717) is 23.6 Å². The lowest BCUT2D eigenvalue weighted by atomic mass is 10.1. The molecule has 1 aromatic heterocycles. The van der Waals surface area contributed by atoms with Gasteiger partial charge in [-0.05, 0) is 62.2 Å². The molecule has 0 unspecified atom stereocenters. The standard InChI is InChI=1S/C24H29ClN4O/c1-4-29(17(2)3)16-19-6-5-7-20(14-19)22-11-13-27-24(28-22)26-12-10-18-8-9-23(30)21(25)15-18/h5-9,11,13-15,17,30H,4,10,12,16H2,1-3H3,(H,26,27,28). The number of hydrogen-bond donors (Lipinski definition) is 2. The van der Waals surface area contributed by atoms with Gasteiger partial charge in [0.15, 0.2) is 0 Å². The van der Waals surface area contributed by atoms with Crippen molar-refractivity contribution in [3.05, 3.63) is 70.9 Å². The molecule has 0 atom stereocenters. The number of halogens is 1. The molecule has 0 aliphatic heterocycles. The number of rotatable bonds is 9. The maximum atomic E-state index is 9.52. The summed E-state index contributed by atoms with van der Waals surface area (Å²) in [5, 5.41) is 13.2. The van der Waals surface area contributed by atoms with Crippen LogP contribution in [0.3, 0.4) is 0 Å². The number of anilines is 1. The van der Waals surface area contributed by atoms with Gasteiger partial charge in [-0.2, -0.15) is 0 Å². The van der Waals surface area contributed by atoms with Crippen LogP contribution < -0.4 is 5.32 Å². The maximum absolute atomic E-state index is 9.52. The van der Waals surface area contributed by atoms with Gasteiger partial charge in [0.2, 0.25) is 5.95 Å². The summed E-state index contributed by atoms with van der Waals surface area (Å²) in [6.07, 6.45) is 2.53. The van der Waals surface area contributed by atoms with Crippen LogP contribution in [0.4, 0.5) is 5.95 Å². The van der Waals surface area contributed by atoms with Gasteiger partial charge in [-0.25, -0.2) is 9.97 Å². The lowest BCUT2D eigenvalue weighted by Crippen LogP contribution is -2.29. The SMILES string of the molecule is CCN(Cc1cccc(-c2ccnc(NCCc3ccc(O)c(Cl)c3)n2)c1)C(C)C. The van der Waals surface area contributed by atoms with Crippen molar-refractivity contribution in [2.45, 2.75) is 39.8 Å². The average Bonchev–Trinajstić information content (AvgIpc) is 2.75. The zero-order valence-corrected chi connectivity index (χ0v) is 18.5. The summed E-state index contributed by atoms with van der Waals surface area (Å²) in [5.41, 5.74) is 4.30. The Kier molecular flexibility index (Phi) is 7.66. The minimum atomic E-state index is 0.0992. The van der Waals surface area contributed by atoms with Crippen molar-refractivity contribution in [3.8, 4) is 17.0 Å². The summed E-state index contributed by atoms with van der Waals surface area (Å²) in [6.45, 7) is 9.26. The molecule has 0 bridgehead atoms. The number of hydrogen-bond acceptors (Lipinski definition) is 5. The van der Waals surface area contributed by atoms with Gasteiger partial charge >= 0.3 is 0 Å². The topological polar surface area (TPSA) is 61.3 Å². The van der Waals surface area contributed by atoms with E-state index >= 15 is 0 Å². The summed E-state index contributed by atoms with van der Waals surface area (Å²) in [4.78, 5) is 11.5. The van der Waals surface area contributed by atoms with Gasteiger partial charge in [-0.15, -0.1) is 0 Å². The second kappa shape index (κ2) is 10.4. The first kappa shape index (κ1) is 22.1. The van der Waals surface area contributed by atoms with Gasteiger partial charge < -0.3 is 10.4 Å². The van der Waals surface area contributed by atoms with Gasteiger partial charge in [0, 0.05) is 30.9 Å². The third kappa shape index (κ3) is 5.94. The Labute approximate surface area is 183 Å². The predicted octanol–water partition coefficient (Wildman–Crippen LogP) is 5.39. The first-order chi connectivity index (χ1) is 14.5. The molecule has 3 aromatic rings. The summed E-state index contributed by atoms with van der Waals surface area (Å²) in [6, 6.07) is 16.2. The van der Waals surface area contributed by atoms with Gasteiger partial charge in [0.05, 0.1) is 10.7 Å². The van der Waals surface area contributed by atoms with Crippen LogP contribution in [0.15, 0.2) is 54.7 Å². The third-order valence-corrected chi connectivity index (χ3v) is 5.41. The third-order valence-electron chi connectivity index (χ3n) is 5.11. The highest BCUT2D eigenvalue weighted by Crippen LogP contribution is 2.24. The first-order valence-corrected chi connectivity index (χ1v) is 10.7. The van der Waals surface area contributed by atoms with Crippen LogP contribution in [-0.2, 0) is 13.0 Å². The van der Waals surface area contributed by atoms with Crippen LogP contribution in [0.5, 0.6) is 5.75 Å². The second-order valence-corrected chi connectivity index (χ2v) is 7.99. The summed E-state index contributed by atoms with van der Waals surface area (Å²) in [7, 11) is 0. The van der Waals surface area contributed by atoms with Crippen LogP contribution in [0.1, 0.15) is 31.9 Å². The molecule has 5 nitrogen and oxygen atoms in total. The summed E-state index contributed by atoms with van der Waals surface area (Å²) >= 11 is 5.97. The van der Waals surface area contributed by atoms with Gasteiger partial charge in [-0.3, -0.25) is 4.90 Å². The fraction of sp³-hybridized carbons (Fsp3) is 0.333. The molecule has 0 amide bonds. The van der Waals surface area contributed by atoms with Crippen molar-refractivity contribution in [2.24, 2.45) is 0 Å². The molecule has 6 heteroatoms. The van der Waals surface area contributed by atoms with E-state index in [2.05, 4.69) is 65.2 Å². The molecule has 1 heterocycles. The highest BCUT2D eigenvalue weighted by molar-refractivity contribution is 6.32. The molecular formula is C24H29ClN4O. The van der Waals surface area contributed by atoms with Crippen molar-refractivity contribution in [1.29, 1.82) is 0 Å². The molecule has 0 radical (unpaired) electrons. The lowest BCUT2D eigenvalue weighted by Gasteiger charge is -2.24. The van der Waals surface area contributed by atoms with Crippen LogP contribution in [0.25, 0.3) is 11.3 Å². The quantitative estimate of drug-likeness (QED) is 0.482. The molecule has 0 aliphatic carbocycles. The Balaban J connectivity index is 1.66. The molecule has 0 aliphatic rings. The zero-order chi connectivity index (χ0) is 21.5. The Bertz CT molecular complexity index is 977. The molecule has 30 heavy (non-hydrogen) atoms. The number of phenolic OH excluding ortho intramolecular Hbond substituents is 1. The average molecular weight is 425 g/mol. The highest BCUT2D eigenvalue weighted by Gasteiger charge is 2.09. The minimum Gasteiger partial charge on any atom is -0.506 e. The molecule has 3 rings (SSSR count). The largest absolute Gasteiger partial charge is 0.506 e. The zero-order valence-electron chi connectivity index (χ0n) is 17.8. The monoisotopic (exact) mass is 424 g/mol. The number of aromatic nitrogens is 2. The van der Waals surface area contributed by atoms with E-state index in [-0.39, 0.29) is 5.75 Å². The molecule has 2 N–H and O–H groups in total. The number of nitrogens with zero attached hydrogens (tertiary/aromatic N) is 3. The molecule has 0 spiro atoms. The highest BCUT2D eigenvalue weighted by atomic mass is 35.5. The van der Waals surface area contributed by atoms with Gasteiger partial charge in [-0.1, -0.05) is 42.8 Å². The Morgan fingerprint density at radius 3 is 2.67 bits per heavy atom. The number of phenols is 1. The van der Waals surface area contributed by atoms with Gasteiger partial charge in [0.25, 0.3) is 0 Å². The van der Waals surface area contributed by atoms with Crippen molar-refractivity contribution in [3.63, 3.8) is 0 Å². The molecular weight excluding hydrogens is 396 g/mol. The molecule has 0 saturated carbocycles. The molecule has 0 saturated heterocycles. The Morgan fingerprint density at radius 1 is 1.10 bits per heavy atom. The molecule has 0 fully saturated rings. The van der Waals surface area contributed by atoms with Gasteiger partial charge in [0.1, 0.15) is 5.75 Å². The van der Waals surface area contributed by atoms with E-state index in [9.17, 15) is 5.11 Å². The van der Waals surface area contributed by atoms with Crippen molar-refractivity contribution in [2.75, 3.05) is 18.4 Å². The fourth-order valence-electron chi connectivity index (χ4n) is 3.35. The van der Waals surface area contributed by atoms with Crippen molar-refractivity contribution >= 4 is 17.5 Å². The summed E-state index contributed by atoms with van der Waals surface area (Å²) in [5.74, 6) is 0.697. The maximum Gasteiger partial charge on any atom is 0.223 e. The van der Waals surface area contributed by atoms with E-state index < -0.39 is 0 Å². The minimum absolute atomic E-state index is 0.0992. The van der Waals surface area contributed by atoms with Crippen LogP contribution in [0, 0.1) is 0 Å². The van der Waals surface area contributed by atoms with E-state index in [1.807, 2.05) is 12.1 Å². The normalized spacial score (nSPS) is 11.3. The second-order valence-electron chi connectivity index (χ2n) is 7.59. The number of nitrogens with one attached hydrogen (secondary N) is 1. The van der Waals surface area contributed by atoms with Crippen molar-refractivity contribution in [1.82, 2.24) is 14.9 Å². The molecule has 158 valence electrons. The van der Waals surface area contributed by atoms with Crippen LogP contribution in [-0.4, -0.2) is 39.1 Å².